The third kappa shape index (κ3) is 1.68. The van der Waals surface area contributed by atoms with Gasteiger partial charge in [-0.15, -0.1) is 0 Å². The molecule has 1 rings (SSSR count). The van der Waals surface area contributed by atoms with Crippen molar-refractivity contribution in [2.45, 2.75) is 13.3 Å². The lowest BCUT2D eigenvalue weighted by Crippen LogP contribution is -2.13. The Morgan fingerprint density at radius 2 is 2.15 bits per heavy atom. The molecule has 72 valence electrons. The summed E-state index contributed by atoms with van der Waals surface area (Å²) in [6.07, 6.45) is -1.53. The molecule has 0 radical (unpaired) electrons. The van der Waals surface area contributed by atoms with Crippen LogP contribution in [-0.2, 0) is 0 Å². The van der Waals surface area contributed by atoms with Gasteiger partial charge in [0.1, 0.15) is 0 Å². The Morgan fingerprint density at radius 1 is 1.54 bits per heavy atom. The minimum absolute atomic E-state index is 0.00523. The minimum atomic E-state index is -2.67. The zero-order valence-electron chi connectivity index (χ0n) is 7.23. The molecule has 0 unspecified atom stereocenters. The fourth-order valence-corrected chi connectivity index (χ4v) is 1.00. The molecule has 0 amide bonds. The van der Waals surface area contributed by atoms with Crippen LogP contribution in [-0.4, -0.2) is 12.1 Å². The van der Waals surface area contributed by atoms with Gasteiger partial charge in [-0.3, -0.25) is 4.79 Å². The van der Waals surface area contributed by atoms with Gasteiger partial charge >= 0.3 is 0 Å². The van der Waals surface area contributed by atoms with E-state index in [9.17, 15) is 13.6 Å². The highest BCUT2D eigenvalue weighted by Crippen LogP contribution is 2.19. The molecule has 0 bridgehead atoms. The number of aromatic amines is 1. The molecule has 1 aromatic heterocycles. The number of alkyl halides is 2. The van der Waals surface area contributed by atoms with Gasteiger partial charge in [0.15, 0.2) is 5.75 Å². The molecule has 0 aliphatic rings. The smallest absolute Gasteiger partial charge is 0.278 e. The fraction of sp³-hybridized carbons (Fsp3) is 0.375. The van der Waals surface area contributed by atoms with Gasteiger partial charge in [0, 0.05) is 11.8 Å². The summed E-state index contributed by atoms with van der Waals surface area (Å²) >= 11 is 0. The average Bonchev–Trinajstić information content (AvgIpc) is 2.09. The molecule has 0 saturated heterocycles. The van der Waals surface area contributed by atoms with Gasteiger partial charge in [0.25, 0.3) is 6.43 Å². The molecule has 0 aromatic carbocycles. The predicted octanol–water partition coefficient (Wildman–Crippen LogP) is 1.63. The van der Waals surface area contributed by atoms with Crippen LogP contribution in [0.15, 0.2) is 11.0 Å². The summed E-state index contributed by atoms with van der Waals surface area (Å²) in [4.78, 5) is 13.6. The SMILES string of the molecule is COc1c[nH]c(C(F)F)c(C)c1=O. The molecule has 0 saturated carbocycles. The highest BCUT2D eigenvalue weighted by atomic mass is 19.3. The number of ether oxygens (including phenoxy) is 1. The third-order valence-electron chi connectivity index (χ3n) is 1.77. The number of hydrogen-bond acceptors (Lipinski definition) is 2. The Morgan fingerprint density at radius 3 is 2.62 bits per heavy atom. The van der Waals surface area contributed by atoms with Gasteiger partial charge in [-0.2, -0.15) is 0 Å². The van der Waals surface area contributed by atoms with Crippen LogP contribution in [0.25, 0.3) is 0 Å². The first-order valence-electron chi connectivity index (χ1n) is 3.62. The summed E-state index contributed by atoms with van der Waals surface area (Å²) in [6.45, 7) is 1.34. The average molecular weight is 189 g/mol. The second kappa shape index (κ2) is 3.55. The van der Waals surface area contributed by atoms with Crippen LogP contribution in [0, 0.1) is 6.92 Å². The Balaban J connectivity index is 3.32. The van der Waals surface area contributed by atoms with Crippen LogP contribution in [0.4, 0.5) is 8.78 Å². The van der Waals surface area contributed by atoms with Crippen LogP contribution >= 0.6 is 0 Å². The normalized spacial score (nSPS) is 10.5. The Labute approximate surface area is 73.4 Å². The van der Waals surface area contributed by atoms with Gasteiger partial charge in [-0.25, -0.2) is 8.78 Å². The molecular weight excluding hydrogens is 180 g/mol. The largest absolute Gasteiger partial charge is 0.491 e. The lowest BCUT2D eigenvalue weighted by molar-refractivity contribution is 0.145. The van der Waals surface area contributed by atoms with Crippen molar-refractivity contribution in [3.63, 3.8) is 0 Å². The summed E-state index contributed by atoms with van der Waals surface area (Å²) < 4.78 is 29.1. The molecule has 0 atom stereocenters. The van der Waals surface area contributed by atoms with Crippen LogP contribution in [0.3, 0.4) is 0 Å². The van der Waals surface area contributed by atoms with Crippen LogP contribution < -0.4 is 10.2 Å². The summed E-state index contributed by atoms with van der Waals surface area (Å²) in [7, 11) is 1.31. The van der Waals surface area contributed by atoms with E-state index in [2.05, 4.69) is 9.72 Å². The van der Waals surface area contributed by atoms with Crippen molar-refractivity contribution < 1.29 is 13.5 Å². The van der Waals surface area contributed by atoms with E-state index < -0.39 is 11.9 Å². The predicted molar refractivity (Wildman–Crippen MR) is 43.3 cm³/mol. The van der Waals surface area contributed by atoms with E-state index in [-0.39, 0.29) is 17.0 Å². The quantitative estimate of drug-likeness (QED) is 0.768. The molecule has 0 aliphatic heterocycles. The van der Waals surface area contributed by atoms with Crippen LogP contribution in [0.2, 0.25) is 0 Å². The van der Waals surface area contributed by atoms with E-state index in [1.54, 1.807) is 0 Å². The van der Waals surface area contributed by atoms with E-state index in [1.807, 2.05) is 0 Å². The first-order chi connectivity index (χ1) is 6.07. The van der Waals surface area contributed by atoms with Crippen molar-refractivity contribution in [3.05, 3.63) is 27.7 Å². The van der Waals surface area contributed by atoms with Crippen molar-refractivity contribution in [2.24, 2.45) is 0 Å². The number of nitrogens with one attached hydrogen (secondary N) is 1. The zero-order valence-corrected chi connectivity index (χ0v) is 7.23. The Kier molecular flexibility index (Phi) is 2.65. The minimum Gasteiger partial charge on any atom is -0.491 e. The molecule has 1 heterocycles. The lowest BCUT2D eigenvalue weighted by atomic mass is 10.2. The molecular formula is C8H9F2NO2. The second-order valence-electron chi connectivity index (χ2n) is 2.53. The molecule has 5 heteroatoms. The lowest BCUT2D eigenvalue weighted by Gasteiger charge is -2.05. The maximum absolute atomic E-state index is 12.2. The Bertz CT molecular complexity index is 360. The number of pyridine rings is 1. The number of aromatic nitrogens is 1. The maximum atomic E-state index is 12.2. The first kappa shape index (κ1) is 9.70. The van der Waals surface area contributed by atoms with Gasteiger partial charge in [0.2, 0.25) is 5.43 Å². The molecule has 3 nitrogen and oxygen atoms in total. The number of methoxy groups -OCH3 is 1. The highest BCUT2D eigenvalue weighted by molar-refractivity contribution is 5.29. The van der Waals surface area contributed by atoms with Crippen molar-refractivity contribution in [1.29, 1.82) is 0 Å². The zero-order chi connectivity index (χ0) is 10.0. The van der Waals surface area contributed by atoms with Crippen LogP contribution in [0.1, 0.15) is 17.7 Å². The van der Waals surface area contributed by atoms with E-state index >= 15 is 0 Å². The molecule has 0 aliphatic carbocycles. The van der Waals surface area contributed by atoms with Gasteiger partial charge < -0.3 is 9.72 Å². The van der Waals surface area contributed by atoms with Crippen molar-refractivity contribution >= 4 is 0 Å². The number of H-pyrrole nitrogens is 1. The monoisotopic (exact) mass is 189 g/mol. The van der Waals surface area contributed by atoms with Gasteiger partial charge in [-0.1, -0.05) is 0 Å². The molecule has 1 N–H and O–H groups in total. The summed E-state index contributed by atoms with van der Waals surface area (Å²) in [5.41, 5.74) is -0.864. The highest BCUT2D eigenvalue weighted by Gasteiger charge is 2.15. The van der Waals surface area contributed by atoms with Crippen molar-refractivity contribution in [1.82, 2.24) is 4.98 Å². The van der Waals surface area contributed by atoms with Gasteiger partial charge in [-0.05, 0) is 6.92 Å². The molecule has 0 fully saturated rings. The molecule has 1 aromatic rings. The number of hydrogen-bond donors (Lipinski definition) is 1. The summed E-state index contributed by atoms with van der Waals surface area (Å²) in [5.74, 6) is 0.0434. The van der Waals surface area contributed by atoms with Crippen molar-refractivity contribution in [2.75, 3.05) is 7.11 Å². The maximum Gasteiger partial charge on any atom is 0.278 e. The van der Waals surface area contributed by atoms with Gasteiger partial charge in [0.05, 0.1) is 12.8 Å². The number of rotatable bonds is 2. The first-order valence-corrected chi connectivity index (χ1v) is 3.62. The fourth-order valence-electron chi connectivity index (χ4n) is 1.00. The molecule has 0 spiro atoms. The summed E-state index contributed by atoms with van der Waals surface area (Å²) in [5, 5.41) is 0. The van der Waals surface area contributed by atoms with Crippen molar-refractivity contribution in [3.8, 4) is 5.75 Å². The topological polar surface area (TPSA) is 42.1 Å². The van der Waals surface area contributed by atoms with E-state index in [0.29, 0.717) is 0 Å². The third-order valence-corrected chi connectivity index (χ3v) is 1.77. The second-order valence-corrected chi connectivity index (χ2v) is 2.53. The van der Waals surface area contributed by atoms with Crippen LogP contribution in [0.5, 0.6) is 5.75 Å². The Hall–Kier alpha value is -1.39. The van der Waals surface area contributed by atoms with E-state index in [1.165, 1.54) is 14.0 Å². The molecule has 13 heavy (non-hydrogen) atoms. The van der Waals surface area contributed by atoms with E-state index in [4.69, 9.17) is 0 Å². The number of halogens is 2. The summed E-state index contributed by atoms with van der Waals surface area (Å²) in [6, 6.07) is 0. The van der Waals surface area contributed by atoms with E-state index in [0.717, 1.165) is 6.20 Å². The standard InChI is InChI=1S/C8H9F2NO2/c1-4-6(8(9)10)11-3-5(13-2)7(4)12/h3,8H,1-2H3,(H,11,12).